The van der Waals surface area contributed by atoms with Crippen LogP contribution in [-0.4, -0.2) is 42.4 Å². The van der Waals surface area contributed by atoms with Gasteiger partial charge >= 0.3 is 6.09 Å². The van der Waals surface area contributed by atoms with Crippen LogP contribution in [0.25, 0.3) is 10.8 Å². The number of benzene rings is 4. The lowest BCUT2D eigenvalue weighted by Crippen LogP contribution is -2.46. The number of amides is 1. The summed E-state index contributed by atoms with van der Waals surface area (Å²) in [5.41, 5.74) is 2.90. The molecule has 0 bridgehead atoms. The molecule has 0 spiro atoms. The fourth-order valence-corrected chi connectivity index (χ4v) is 4.97. The van der Waals surface area contributed by atoms with Crippen molar-refractivity contribution in [2.75, 3.05) is 20.2 Å². The smallest absolute Gasteiger partial charge is 0.407 e. The van der Waals surface area contributed by atoms with Crippen LogP contribution in [0.2, 0.25) is 0 Å². The summed E-state index contributed by atoms with van der Waals surface area (Å²) in [6, 6.07) is 26.2. The van der Waals surface area contributed by atoms with Crippen molar-refractivity contribution in [2.45, 2.75) is 31.7 Å². The van der Waals surface area contributed by atoms with E-state index in [0.29, 0.717) is 26.2 Å². The molecule has 38 heavy (non-hydrogen) atoms. The number of likely N-dealkylation sites (tertiary alicyclic amines) is 1. The topological polar surface area (TPSA) is 68.2 Å². The third kappa shape index (κ3) is 5.89. The quantitative estimate of drug-likeness (QED) is 0.286. The van der Waals surface area contributed by atoms with Gasteiger partial charge in [0.25, 0.3) is 0 Å². The Balaban J connectivity index is 1.35. The summed E-state index contributed by atoms with van der Waals surface area (Å²) in [7, 11) is 1.64. The van der Waals surface area contributed by atoms with Gasteiger partial charge in [-0.25, -0.2) is 9.18 Å². The van der Waals surface area contributed by atoms with Gasteiger partial charge in [-0.05, 0) is 64.9 Å². The predicted molar refractivity (Wildman–Crippen MR) is 143 cm³/mol. The molecule has 0 saturated carbocycles. The predicted octanol–water partition coefficient (Wildman–Crippen LogP) is 6.62. The minimum Gasteiger partial charge on any atom is -0.497 e. The number of hydrogen-bond donors (Lipinski definition) is 1. The summed E-state index contributed by atoms with van der Waals surface area (Å²) in [6.45, 7) is 1.36. The summed E-state index contributed by atoms with van der Waals surface area (Å²) in [6.07, 6.45) is -0.715. The second kappa shape index (κ2) is 11.5. The lowest BCUT2D eigenvalue weighted by atomic mass is 9.87. The van der Waals surface area contributed by atoms with Gasteiger partial charge in [0.2, 0.25) is 0 Å². The van der Waals surface area contributed by atoms with Gasteiger partial charge in [-0.2, -0.15) is 0 Å². The average molecular weight is 516 g/mol. The molecule has 0 aromatic heterocycles. The molecule has 4 aromatic rings. The molecule has 1 N–H and O–H groups in total. The maximum atomic E-state index is 13.5. The van der Waals surface area contributed by atoms with Gasteiger partial charge in [-0.1, -0.05) is 48.5 Å². The van der Waals surface area contributed by atoms with E-state index in [9.17, 15) is 14.3 Å². The number of nitrogens with zero attached hydrogens (tertiary/aromatic N) is 1. The van der Waals surface area contributed by atoms with E-state index in [1.165, 1.54) is 17.0 Å². The maximum Gasteiger partial charge on any atom is 0.407 e. The molecule has 1 aliphatic rings. The molecular formula is C31H30FNO5. The van der Waals surface area contributed by atoms with Gasteiger partial charge in [0, 0.05) is 17.8 Å². The fraction of sp³-hybridized carbons (Fsp3) is 0.258. The van der Waals surface area contributed by atoms with E-state index < -0.39 is 6.09 Å². The zero-order valence-electron chi connectivity index (χ0n) is 21.2. The molecule has 1 amide bonds. The van der Waals surface area contributed by atoms with Crippen LogP contribution in [-0.2, 0) is 18.0 Å². The fourth-order valence-electron chi connectivity index (χ4n) is 4.97. The number of hydrogen-bond acceptors (Lipinski definition) is 4. The molecule has 4 aromatic carbocycles. The van der Waals surface area contributed by atoms with Crippen molar-refractivity contribution in [3.63, 3.8) is 0 Å². The van der Waals surface area contributed by atoms with Crippen LogP contribution in [0.5, 0.6) is 11.5 Å². The van der Waals surface area contributed by atoms with Gasteiger partial charge in [-0.3, -0.25) is 0 Å². The minimum atomic E-state index is -0.962. The van der Waals surface area contributed by atoms with Crippen molar-refractivity contribution in [1.82, 2.24) is 4.90 Å². The molecule has 1 aliphatic heterocycles. The SMILES string of the molecule is COc1ccc(COc2cc(COC3CN(C(=O)O)CCC3c3ccc(F)cc3)cc3ccccc23)cc1. The molecule has 0 aliphatic carbocycles. The summed E-state index contributed by atoms with van der Waals surface area (Å²) in [5.74, 6) is 1.22. The standard InChI is InChI=1S/C31H30FNO5/c1-36-26-12-6-21(7-13-26)19-37-29-17-22(16-24-4-2-3-5-27(24)29)20-38-30-18-33(31(34)35)15-14-28(30)23-8-10-25(32)11-9-23/h2-13,16-17,28,30H,14-15,18-20H2,1H3,(H,34,35). The summed E-state index contributed by atoms with van der Waals surface area (Å²) in [4.78, 5) is 13.1. The third-order valence-corrected chi connectivity index (χ3v) is 7.03. The van der Waals surface area contributed by atoms with Crippen molar-refractivity contribution in [1.29, 1.82) is 0 Å². The Morgan fingerprint density at radius 3 is 2.47 bits per heavy atom. The first-order chi connectivity index (χ1) is 18.5. The van der Waals surface area contributed by atoms with E-state index in [-0.39, 0.29) is 24.4 Å². The van der Waals surface area contributed by atoms with Crippen LogP contribution in [0.15, 0.2) is 84.9 Å². The second-order valence-electron chi connectivity index (χ2n) is 9.48. The monoisotopic (exact) mass is 515 g/mol. The van der Waals surface area contributed by atoms with E-state index in [2.05, 4.69) is 6.07 Å². The van der Waals surface area contributed by atoms with Gasteiger partial charge in [-0.15, -0.1) is 0 Å². The average Bonchev–Trinajstić information content (AvgIpc) is 2.95. The van der Waals surface area contributed by atoms with E-state index in [4.69, 9.17) is 14.2 Å². The van der Waals surface area contributed by atoms with E-state index in [0.717, 1.165) is 39.0 Å². The second-order valence-corrected chi connectivity index (χ2v) is 9.48. The summed E-state index contributed by atoms with van der Waals surface area (Å²) in [5, 5.41) is 11.6. The van der Waals surface area contributed by atoms with E-state index >= 15 is 0 Å². The molecule has 7 heteroatoms. The molecule has 5 rings (SSSR count). The lowest BCUT2D eigenvalue weighted by molar-refractivity contribution is -0.0199. The lowest BCUT2D eigenvalue weighted by Gasteiger charge is -2.37. The maximum absolute atomic E-state index is 13.5. The van der Waals surface area contributed by atoms with Crippen LogP contribution in [0, 0.1) is 5.82 Å². The van der Waals surface area contributed by atoms with Crippen LogP contribution < -0.4 is 9.47 Å². The zero-order chi connectivity index (χ0) is 26.5. The number of rotatable bonds is 8. The molecule has 6 nitrogen and oxygen atoms in total. The summed E-state index contributed by atoms with van der Waals surface area (Å²) >= 11 is 0. The first kappa shape index (κ1) is 25.5. The molecule has 1 saturated heterocycles. The first-order valence-corrected chi connectivity index (χ1v) is 12.6. The van der Waals surface area contributed by atoms with Crippen LogP contribution in [0.4, 0.5) is 9.18 Å². The minimum absolute atomic E-state index is 0.0301. The number of carbonyl (C=O) groups is 1. The largest absolute Gasteiger partial charge is 0.497 e. The number of halogens is 1. The molecule has 1 fully saturated rings. The number of fused-ring (bicyclic) bond motifs is 1. The van der Waals surface area contributed by atoms with Crippen LogP contribution >= 0.6 is 0 Å². The Morgan fingerprint density at radius 1 is 0.974 bits per heavy atom. The van der Waals surface area contributed by atoms with Gasteiger partial charge in [0.05, 0.1) is 26.4 Å². The Kier molecular flexibility index (Phi) is 7.75. The van der Waals surface area contributed by atoms with Crippen LogP contribution in [0.1, 0.15) is 29.0 Å². The first-order valence-electron chi connectivity index (χ1n) is 12.6. The highest BCUT2D eigenvalue weighted by atomic mass is 19.1. The summed E-state index contributed by atoms with van der Waals surface area (Å²) < 4.78 is 31.4. The van der Waals surface area contributed by atoms with E-state index in [1.54, 1.807) is 19.2 Å². The Bertz CT molecular complexity index is 1390. The normalized spacial score (nSPS) is 17.4. The van der Waals surface area contributed by atoms with E-state index in [1.807, 2.05) is 54.6 Å². The highest BCUT2D eigenvalue weighted by molar-refractivity contribution is 5.89. The van der Waals surface area contributed by atoms with Gasteiger partial charge in [0.15, 0.2) is 0 Å². The molecular weight excluding hydrogens is 485 g/mol. The Morgan fingerprint density at radius 2 is 1.74 bits per heavy atom. The zero-order valence-corrected chi connectivity index (χ0v) is 21.2. The number of carboxylic acid groups (broad SMARTS) is 1. The molecule has 1 heterocycles. The van der Waals surface area contributed by atoms with Crippen molar-refractivity contribution in [3.05, 3.63) is 107 Å². The number of ether oxygens (including phenoxy) is 3. The molecule has 2 unspecified atom stereocenters. The highest BCUT2D eigenvalue weighted by Crippen LogP contribution is 2.33. The molecule has 2 atom stereocenters. The van der Waals surface area contributed by atoms with Crippen molar-refractivity contribution >= 4 is 16.9 Å². The van der Waals surface area contributed by atoms with Crippen molar-refractivity contribution < 1.29 is 28.5 Å². The van der Waals surface area contributed by atoms with Crippen molar-refractivity contribution in [3.8, 4) is 11.5 Å². The van der Waals surface area contributed by atoms with Gasteiger partial charge < -0.3 is 24.2 Å². The number of piperidine rings is 1. The third-order valence-electron chi connectivity index (χ3n) is 7.03. The van der Waals surface area contributed by atoms with Gasteiger partial charge in [0.1, 0.15) is 23.9 Å². The Hall–Kier alpha value is -4.10. The Labute approximate surface area is 221 Å². The number of methoxy groups -OCH3 is 1. The highest BCUT2D eigenvalue weighted by Gasteiger charge is 2.33. The van der Waals surface area contributed by atoms with Crippen LogP contribution in [0.3, 0.4) is 0 Å². The molecule has 0 radical (unpaired) electrons. The van der Waals surface area contributed by atoms with Crippen molar-refractivity contribution in [2.24, 2.45) is 0 Å². The molecule has 196 valence electrons.